The van der Waals surface area contributed by atoms with E-state index in [1.165, 1.54) is 11.3 Å². The fourth-order valence-corrected chi connectivity index (χ4v) is 4.71. The molecule has 1 saturated heterocycles. The number of rotatable bonds is 3. The summed E-state index contributed by atoms with van der Waals surface area (Å²) in [6.07, 6.45) is 2.06. The molecule has 1 amide bonds. The predicted molar refractivity (Wildman–Crippen MR) is 85.2 cm³/mol. The average Bonchev–Trinajstić information content (AvgIpc) is 2.96. The van der Waals surface area contributed by atoms with Crippen LogP contribution in [0.2, 0.25) is 4.47 Å². The third-order valence-electron chi connectivity index (χ3n) is 2.98. The molecule has 118 valence electrons. The van der Waals surface area contributed by atoms with Crippen LogP contribution in [0.3, 0.4) is 0 Å². The number of hydrogen-bond donors (Lipinski definition) is 0. The average molecular weight is 351 g/mol. The largest absolute Gasteiger partial charge is 0.444 e. The predicted octanol–water partition coefficient (Wildman–Crippen LogP) is 3.05. The van der Waals surface area contributed by atoms with E-state index in [0.29, 0.717) is 23.3 Å². The lowest BCUT2D eigenvalue weighted by Gasteiger charge is -2.24. The SMILES string of the molecule is CC(C)(C)OC(=O)N1CCC([S@@](=O)Cc2cnc(Cl)s2)C1. The number of hydrogen-bond acceptors (Lipinski definition) is 5. The van der Waals surface area contributed by atoms with Crippen LogP contribution < -0.4 is 0 Å². The molecule has 2 heterocycles. The quantitative estimate of drug-likeness (QED) is 0.840. The topological polar surface area (TPSA) is 59.5 Å². The van der Waals surface area contributed by atoms with Crippen molar-refractivity contribution in [1.29, 1.82) is 0 Å². The molecule has 0 aromatic carbocycles. The Morgan fingerprint density at radius 2 is 2.33 bits per heavy atom. The number of likely N-dealkylation sites (tertiary alicyclic amines) is 1. The van der Waals surface area contributed by atoms with E-state index in [2.05, 4.69) is 4.98 Å². The maximum absolute atomic E-state index is 12.3. The van der Waals surface area contributed by atoms with Gasteiger partial charge in [0.2, 0.25) is 0 Å². The molecule has 0 N–H and O–H groups in total. The van der Waals surface area contributed by atoms with Gasteiger partial charge in [-0.05, 0) is 27.2 Å². The molecule has 0 radical (unpaired) electrons. The molecule has 1 aromatic heterocycles. The lowest BCUT2D eigenvalue weighted by molar-refractivity contribution is 0.0295. The van der Waals surface area contributed by atoms with E-state index in [-0.39, 0.29) is 11.3 Å². The summed E-state index contributed by atoms with van der Waals surface area (Å²) >= 11 is 7.11. The molecule has 1 aliphatic heterocycles. The van der Waals surface area contributed by atoms with E-state index in [1.807, 2.05) is 20.8 Å². The summed E-state index contributed by atoms with van der Waals surface area (Å²) in [4.78, 5) is 18.5. The standard InChI is InChI=1S/C13H19ClN2O3S2/c1-13(2,3)19-12(17)16-5-4-10(7-16)21(18)8-9-6-15-11(14)20-9/h6,10H,4-5,7-8H2,1-3H3/t10?,21-/m0/s1. The molecule has 0 aliphatic carbocycles. The monoisotopic (exact) mass is 350 g/mol. The second kappa shape index (κ2) is 6.62. The maximum atomic E-state index is 12.3. The Kier molecular flexibility index (Phi) is 5.27. The smallest absolute Gasteiger partial charge is 0.410 e. The molecule has 2 atom stereocenters. The van der Waals surface area contributed by atoms with Gasteiger partial charge in [-0.15, -0.1) is 11.3 Å². The van der Waals surface area contributed by atoms with Gasteiger partial charge in [-0.2, -0.15) is 0 Å². The second-order valence-corrected chi connectivity index (χ2v) is 9.36. The third kappa shape index (κ3) is 4.93. The van der Waals surface area contributed by atoms with Gasteiger partial charge in [-0.3, -0.25) is 4.21 Å². The molecular weight excluding hydrogens is 332 g/mol. The molecule has 8 heteroatoms. The van der Waals surface area contributed by atoms with Crippen molar-refractivity contribution in [2.45, 2.75) is 43.8 Å². The van der Waals surface area contributed by atoms with Gasteiger partial charge in [-0.1, -0.05) is 11.6 Å². The molecule has 0 saturated carbocycles. The summed E-state index contributed by atoms with van der Waals surface area (Å²) in [5.74, 6) is 0.442. The highest BCUT2D eigenvalue weighted by Crippen LogP contribution is 2.23. The Morgan fingerprint density at radius 3 is 2.90 bits per heavy atom. The van der Waals surface area contributed by atoms with Gasteiger partial charge in [0.1, 0.15) is 5.60 Å². The van der Waals surface area contributed by atoms with Gasteiger partial charge < -0.3 is 9.64 Å². The minimum atomic E-state index is -1.03. The lowest BCUT2D eigenvalue weighted by Crippen LogP contribution is -2.36. The summed E-state index contributed by atoms with van der Waals surface area (Å²) < 4.78 is 18.1. The molecule has 2 rings (SSSR count). The third-order valence-corrected chi connectivity index (χ3v) is 6.00. The van der Waals surface area contributed by atoms with Gasteiger partial charge in [0, 0.05) is 35.0 Å². The van der Waals surface area contributed by atoms with Crippen molar-refractivity contribution in [2.24, 2.45) is 0 Å². The molecular formula is C13H19ClN2O3S2. The number of carbonyl (C=O) groups is 1. The molecule has 1 aliphatic rings. The van der Waals surface area contributed by atoms with E-state index in [0.717, 1.165) is 11.3 Å². The molecule has 0 bridgehead atoms. The second-order valence-electron chi connectivity index (χ2n) is 5.94. The molecule has 0 spiro atoms. The first-order valence-electron chi connectivity index (χ1n) is 6.70. The van der Waals surface area contributed by atoms with Gasteiger partial charge in [0.15, 0.2) is 4.47 Å². The van der Waals surface area contributed by atoms with Gasteiger partial charge in [0.25, 0.3) is 0 Å². The number of aromatic nitrogens is 1. The summed E-state index contributed by atoms with van der Waals surface area (Å²) in [5, 5.41) is -0.0154. The van der Waals surface area contributed by atoms with Crippen molar-refractivity contribution in [2.75, 3.05) is 13.1 Å². The van der Waals surface area contributed by atoms with Crippen LogP contribution in [0.15, 0.2) is 6.20 Å². The minimum Gasteiger partial charge on any atom is -0.444 e. The Labute approximate surface area is 136 Å². The highest BCUT2D eigenvalue weighted by molar-refractivity contribution is 7.85. The van der Waals surface area contributed by atoms with Crippen molar-refractivity contribution in [3.05, 3.63) is 15.5 Å². The molecule has 1 fully saturated rings. The van der Waals surface area contributed by atoms with Crippen molar-refractivity contribution < 1.29 is 13.7 Å². The highest BCUT2D eigenvalue weighted by Gasteiger charge is 2.32. The number of ether oxygens (including phenoxy) is 1. The number of nitrogens with zero attached hydrogens (tertiary/aromatic N) is 2. The van der Waals surface area contributed by atoms with E-state index >= 15 is 0 Å². The summed E-state index contributed by atoms with van der Waals surface area (Å²) in [6, 6.07) is 0. The van der Waals surface area contributed by atoms with Crippen LogP contribution in [0.1, 0.15) is 32.1 Å². The lowest BCUT2D eigenvalue weighted by atomic mass is 10.2. The Morgan fingerprint density at radius 1 is 1.62 bits per heavy atom. The van der Waals surface area contributed by atoms with Gasteiger partial charge in [-0.25, -0.2) is 9.78 Å². The van der Waals surface area contributed by atoms with Crippen LogP contribution in [0.5, 0.6) is 0 Å². The van der Waals surface area contributed by atoms with Crippen LogP contribution in [0.25, 0.3) is 0 Å². The first kappa shape index (κ1) is 16.7. The number of thiazole rings is 1. The summed E-state index contributed by atoms with van der Waals surface area (Å²) in [7, 11) is -1.03. The first-order valence-corrected chi connectivity index (χ1v) is 9.27. The Bertz CT molecular complexity index is 542. The van der Waals surface area contributed by atoms with Crippen molar-refractivity contribution in [3.63, 3.8) is 0 Å². The van der Waals surface area contributed by atoms with Crippen LogP contribution in [0.4, 0.5) is 4.79 Å². The summed E-state index contributed by atoms with van der Waals surface area (Å²) in [5.41, 5.74) is -0.506. The van der Waals surface area contributed by atoms with Crippen LogP contribution in [-0.4, -0.2) is 44.1 Å². The molecule has 5 nitrogen and oxygen atoms in total. The van der Waals surface area contributed by atoms with E-state index in [4.69, 9.17) is 16.3 Å². The van der Waals surface area contributed by atoms with Crippen LogP contribution in [-0.2, 0) is 21.3 Å². The van der Waals surface area contributed by atoms with Crippen LogP contribution >= 0.6 is 22.9 Å². The van der Waals surface area contributed by atoms with Crippen LogP contribution in [0, 0.1) is 0 Å². The number of carbonyl (C=O) groups excluding carboxylic acids is 1. The van der Waals surface area contributed by atoms with Gasteiger partial charge in [0.05, 0.1) is 11.0 Å². The minimum absolute atomic E-state index is 0.0154. The number of halogens is 1. The Hall–Kier alpha value is -0.660. The van der Waals surface area contributed by atoms with E-state index in [1.54, 1.807) is 11.1 Å². The zero-order chi connectivity index (χ0) is 15.6. The zero-order valence-corrected chi connectivity index (χ0v) is 14.7. The van der Waals surface area contributed by atoms with Crippen molar-refractivity contribution >= 4 is 39.8 Å². The normalized spacial score (nSPS) is 20.6. The maximum Gasteiger partial charge on any atom is 0.410 e. The molecule has 1 unspecified atom stereocenters. The van der Waals surface area contributed by atoms with Crippen molar-refractivity contribution in [3.8, 4) is 0 Å². The van der Waals surface area contributed by atoms with E-state index < -0.39 is 16.4 Å². The zero-order valence-electron chi connectivity index (χ0n) is 12.3. The Balaban J connectivity index is 1.87. The molecule has 1 aromatic rings. The molecule has 21 heavy (non-hydrogen) atoms. The fraction of sp³-hybridized carbons (Fsp3) is 0.692. The fourth-order valence-electron chi connectivity index (χ4n) is 2.04. The van der Waals surface area contributed by atoms with Gasteiger partial charge >= 0.3 is 6.09 Å². The number of amides is 1. The summed E-state index contributed by atoms with van der Waals surface area (Å²) in [6.45, 7) is 6.58. The first-order chi connectivity index (χ1) is 9.74. The highest BCUT2D eigenvalue weighted by atomic mass is 35.5. The van der Waals surface area contributed by atoms with Crippen molar-refractivity contribution in [1.82, 2.24) is 9.88 Å². The van der Waals surface area contributed by atoms with E-state index in [9.17, 15) is 9.00 Å².